The molecule has 3 nitrogen and oxygen atoms in total. The third kappa shape index (κ3) is 1.48. The van der Waals surface area contributed by atoms with Crippen LogP contribution in [0.25, 0.3) is 0 Å². The highest BCUT2D eigenvalue weighted by atomic mass is 35.5. The zero-order valence-electron chi connectivity index (χ0n) is 5.97. The number of hydrogen-bond acceptors (Lipinski definition) is 3. The molecule has 0 amide bonds. The van der Waals surface area contributed by atoms with Crippen LogP contribution in [-0.4, -0.2) is 10.2 Å². The molecule has 0 aromatic carbocycles. The van der Waals surface area contributed by atoms with Crippen molar-refractivity contribution in [2.24, 2.45) is 0 Å². The van der Waals surface area contributed by atoms with E-state index in [1.807, 2.05) is 6.92 Å². The number of aromatic nitrogens is 2. The highest BCUT2D eigenvalue weighted by molar-refractivity contribution is 6.20. The molecule has 1 atom stereocenters. The molecule has 56 valence electrons. The van der Waals surface area contributed by atoms with E-state index < -0.39 is 0 Å². The van der Waals surface area contributed by atoms with Gasteiger partial charge in [-0.2, -0.15) is 0 Å². The maximum atomic E-state index is 5.68. The molecule has 0 N–H and O–H groups in total. The minimum atomic E-state index is -0.187. The van der Waals surface area contributed by atoms with E-state index in [1.54, 1.807) is 6.92 Å². The molecule has 0 bridgehead atoms. The van der Waals surface area contributed by atoms with Gasteiger partial charge in [-0.25, -0.2) is 0 Å². The van der Waals surface area contributed by atoms with E-state index in [2.05, 4.69) is 10.2 Å². The normalized spacial score (nSPS) is 13.5. The molecule has 0 aliphatic heterocycles. The highest BCUT2D eigenvalue weighted by Gasteiger charge is 2.08. The third-order valence-corrected chi connectivity index (χ3v) is 1.31. The first-order chi connectivity index (χ1) is 4.74. The largest absolute Gasteiger partial charge is 0.424 e. The van der Waals surface area contributed by atoms with Crippen LogP contribution in [0.5, 0.6) is 0 Å². The molecule has 0 saturated heterocycles. The summed E-state index contributed by atoms with van der Waals surface area (Å²) in [4.78, 5) is 0. The van der Waals surface area contributed by atoms with Crippen molar-refractivity contribution in [2.45, 2.75) is 25.6 Å². The van der Waals surface area contributed by atoms with E-state index >= 15 is 0 Å². The molecule has 1 rings (SSSR count). The highest BCUT2D eigenvalue weighted by Crippen LogP contribution is 2.16. The molecule has 4 heteroatoms. The van der Waals surface area contributed by atoms with Crippen molar-refractivity contribution in [3.63, 3.8) is 0 Å². The second kappa shape index (κ2) is 3.01. The van der Waals surface area contributed by atoms with E-state index in [4.69, 9.17) is 16.0 Å². The molecule has 0 saturated carbocycles. The fourth-order valence-electron chi connectivity index (χ4n) is 0.570. The van der Waals surface area contributed by atoms with Gasteiger partial charge in [0.15, 0.2) is 0 Å². The zero-order chi connectivity index (χ0) is 7.56. The summed E-state index contributed by atoms with van der Waals surface area (Å²) in [5.74, 6) is 1.14. The minimum absolute atomic E-state index is 0.187. The molecular formula is C6H9ClN2O. The third-order valence-electron chi connectivity index (χ3n) is 1.13. The van der Waals surface area contributed by atoms with Crippen molar-refractivity contribution in [1.82, 2.24) is 10.2 Å². The Bertz CT molecular complexity index is 209. The number of aryl methyl sites for hydroxylation is 1. The molecule has 1 heterocycles. The lowest BCUT2D eigenvalue weighted by molar-refractivity contribution is 0.454. The summed E-state index contributed by atoms with van der Waals surface area (Å²) in [6, 6.07) is 0. The molecule has 0 spiro atoms. The van der Waals surface area contributed by atoms with Crippen molar-refractivity contribution in [3.8, 4) is 0 Å². The van der Waals surface area contributed by atoms with Gasteiger partial charge in [0.25, 0.3) is 0 Å². The zero-order valence-corrected chi connectivity index (χ0v) is 6.72. The Morgan fingerprint density at radius 2 is 2.30 bits per heavy atom. The summed E-state index contributed by atoms with van der Waals surface area (Å²) in [6.07, 6.45) is 0.761. The van der Waals surface area contributed by atoms with Gasteiger partial charge in [-0.1, -0.05) is 6.92 Å². The Labute approximate surface area is 64.4 Å². The van der Waals surface area contributed by atoms with Crippen LogP contribution in [0.2, 0.25) is 0 Å². The van der Waals surface area contributed by atoms with Gasteiger partial charge in [0.05, 0.1) is 0 Å². The Balaban J connectivity index is 2.78. The summed E-state index contributed by atoms with van der Waals surface area (Å²) in [7, 11) is 0. The van der Waals surface area contributed by atoms with Gasteiger partial charge >= 0.3 is 0 Å². The smallest absolute Gasteiger partial charge is 0.234 e. The number of halogens is 1. The van der Waals surface area contributed by atoms with Crippen molar-refractivity contribution in [3.05, 3.63) is 11.8 Å². The van der Waals surface area contributed by atoms with Gasteiger partial charge in [0.2, 0.25) is 11.8 Å². The Morgan fingerprint density at radius 1 is 1.60 bits per heavy atom. The van der Waals surface area contributed by atoms with Gasteiger partial charge in [-0.15, -0.1) is 21.8 Å². The lowest BCUT2D eigenvalue weighted by Gasteiger charge is -1.90. The maximum absolute atomic E-state index is 5.68. The Kier molecular flexibility index (Phi) is 2.27. The summed E-state index contributed by atoms with van der Waals surface area (Å²) in [5, 5.41) is 7.31. The molecule has 1 aromatic heterocycles. The average molecular weight is 161 g/mol. The van der Waals surface area contributed by atoms with E-state index in [9.17, 15) is 0 Å². The first kappa shape index (κ1) is 7.54. The van der Waals surface area contributed by atoms with E-state index in [1.165, 1.54) is 0 Å². The first-order valence-corrected chi connectivity index (χ1v) is 3.64. The van der Waals surface area contributed by atoms with Crippen LogP contribution < -0.4 is 0 Å². The maximum Gasteiger partial charge on any atom is 0.234 e. The summed E-state index contributed by atoms with van der Waals surface area (Å²) in [6.45, 7) is 3.75. The standard InChI is InChI=1S/C6H9ClN2O/c1-3-5-8-9-6(10-5)4(2)7/h4H,3H2,1-2H3. The monoisotopic (exact) mass is 160 g/mol. The fourth-order valence-corrected chi connectivity index (χ4v) is 0.658. The number of nitrogens with zero attached hydrogens (tertiary/aromatic N) is 2. The van der Waals surface area contributed by atoms with Gasteiger partial charge in [-0.3, -0.25) is 0 Å². The van der Waals surface area contributed by atoms with Crippen LogP contribution in [0.1, 0.15) is 31.0 Å². The topological polar surface area (TPSA) is 38.9 Å². The SMILES string of the molecule is CCc1nnc(C(C)Cl)o1. The molecule has 1 aromatic rings. The fraction of sp³-hybridized carbons (Fsp3) is 0.667. The number of hydrogen-bond donors (Lipinski definition) is 0. The van der Waals surface area contributed by atoms with Crippen LogP contribution in [0.4, 0.5) is 0 Å². The predicted molar refractivity (Wildman–Crippen MR) is 37.9 cm³/mol. The van der Waals surface area contributed by atoms with E-state index in [-0.39, 0.29) is 5.38 Å². The van der Waals surface area contributed by atoms with Crippen molar-refractivity contribution >= 4 is 11.6 Å². The van der Waals surface area contributed by atoms with Crippen LogP contribution in [-0.2, 0) is 6.42 Å². The van der Waals surface area contributed by atoms with Crippen LogP contribution >= 0.6 is 11.6 Å². The first-order valence-electron chi connectivity index (χ1n) is 3.20. The lowest BCUT2D eigenvalue weighted by atomic mass is 10.5. The second-order valence-electron chi connectivity index (χ2n) is 2.00. The minimum Gasteiger partial charge on any atom is -0.424 e. The van der Waals surface area contributed by atoms with Crippen LogP contribution in [0.15, 0.2) is 4.42 Å². The molecule has 0 aliphatic carbocycles. The molecule has 10 heavy (non-hydrogen) atoms. The van der Waals surface area contributed by atoms with Gasteiger partial charge in [-0.05, 0) is 6.92 Å². The summed E-state index contributed by atoms with van der Waals surface area (Å²) in [5.41, 5.74) is 0. The number of alkyl halides is 1. The molecule has 0 radical (unpaired) electrons. The molecule has 0 aliphatic rings. The summed E-state index contributed by atoms with van der Waals surface area (Å²) < 4.78 is 5.14. The van der Waals surface area contributed by atoms with Crippen LogP contribution in [0, 0.1) is 0 Å². The lowest BCUT2D eigenvalue weighted by Crippen LogP contribution is -1.81. The van der Waals surface area contributed by atoms with Gasteiger partial charge in [0, 0.05) is 6.42 Å². The molecule has 0 fully saturated rings. The van der Waals surface area contributed by atoms with Crippen molar-refractivity contribution in [1.29, 1.82) is 0 Å². The van der Waals surface area contributed by atoms with E-state index in [0.717, 1.165) is 6.42 Å². The number of rotatable bonds is 2. The van der Waals surface area contributed by atoms with Gasteiger partial charge < -0.3 is 4.42 Å². The quantitative estimate of drug-likeness (QED) is 0.621. The predicted octanol–water partition coefficient (Wildman–Crippen LogP) is 1.93. The van der Waals surface area contributed by atoms with Crippen LogP contribution in [0.3, 0.4) is 0 Å². The Morgan fingerprint density at radius 3 is 2.60 bits per heavy atom. The van der Waals surface area contributed by atoms with Crippen molar-refractivity contribution < 1.29 is 4.42 Å². The van der Waals surface area contributed by atoms with Crippen molar-refractivity contribution in [2.75, 3.05) is 0 Å². The second-order valence-corrected chi connectivity index (χ2v) is 2.66. The Hall–Kier alpha value is -0.570. The van der Waals surface area contributed by atoms with Gasteiger partial charge in [0.1, 0.15) is 5.38 Å². The summed E-state index contributed by atoms with van der Waals surface area (Å²) >= 11 is 5.68. The average Bonchev–Trinajstić information content (AvgIpc) is 2.34. The molecular weight excluding hydrogens is 152 g/mol. The van der Waals surface area contributed by atoms with E-state index in [0.29, 0.717) is 11.8 Å². The molecule has 1 unspecified atom stereocenters.